The molecule has 17 heavy (non-hydrogen) atoms. The van der Waals surface area contributed by atoms with E-state index < -0.39 is 0 Å². The van der Waals surface area contributed by atoms with Gasteiger partial charge >= 0.3 is 0 Å². The molecular formula is C11H13N5O. The molecule has 1 amide bonds. The van der Waals surface area contributed by atoms with Crippen molar-refractivity contribution in [2.45, 2.75) is 20.8 Å². The maximum atomic E-state index is 11.8. The van der Waals surface area contributed by atoms with Gasteiger partial charge in [-0.3, -0.25) is 9.89 Å². The lowest BCUT2D eigenvalue weighted by atomic mass is 10.2. The van der Waals surface area contributed by atoms with E-state index in [0.29, 0.717) is 11.6 Å². The minimum Gasteiger partial charge on any atom is -0.304 e. The second-order valence-corrected chi connectivity index (χ2v) is 3.87. The van der Waals surface area contributed by atoms with E-state index in [1.807, 2.05) is 19.9 Å². The summed E-state index contributed by atoms with van der Waals surface area (Å²) < 4.78 is 0. The molecule has 0 saturated heterocycles. The summed E-state index contributed by atoms with van der Waals surface area (Å²) >= 11 is 0. The molecule has 0 aliphatic heterocycles. The molecule has 0 fully saturated rings. The highest BCUT2D eigenvalue weighted by atomic mass is 16.2. The van der Waals surface area contributed by atoms with Crippen molar-refractivity contribution in [1.82, 2.24) is 20.2 Å². The number of aromatic amines is 1. The molecule has 0 radical (unpaired) electrons. The first-order valence-electron chi connectivity index (χ1n) is 5.20. The number of carbonyl (C=O) groups excluding carboxylic acids is 1. The molecule has 0 aromatic carbocycles. The summed E-state index contributed by atoms with van der Waals surface area (Å²) in [4.78, 5) is 19.9. The van der Waals surface area contributed by atoms with Crippen molar-refractivity contribution < 1.29 is 4.79 Å². The maximum Gasteiger partial charge on any atom is 0.296 e. The van der Waals surface area contributed by atoms with Gasteiger partial charge in [0.2, 0.25) is 5.82 Å². The average Bonchev–Trinajstić information content (AvgIpc) is 2.63. The predicted octanol–water partition coefficient (Wildman–Crippen LogP) is 1.38. The average molecular weight is 231 g/mol. The summed E-state index contributed by atoms with van der Waals surface area (Å²) in [6.07, 6.45) is 0. The van der Waals surface area contributed by atoms with Crippen molar-refractivity contribution in [2.75, 3.05) is 5.32 Å². The summed E-state index contributed by atoms with van der Waals surface area (Å²) in [6, 6.07) is 3.73. The van der Waals surface area contributed by atoms with Gasteiger partial charge in [0.1, 0.15) is 11.6 Å². The molecule has 0 bridgehead atoms. The standard InChI is InChI=1S/C11H13N5O/c1-6-4-7(2)12-9(5-6)14-11(17)10-13-8(3)15-16-10/h4-5H,1-3H3,(H,12,14,17)(H,13,15,16). The Kier molecular flexibility index (Phi) is 2.86. The third kappa shape index (κ3) is 2.66. The van der Waals surface area contributed by atoms with E-state index in [1.165, 1.54) is 0 Å². The number of pyridine rings is 1. The lowest BCUT2D eigenvalue weighted by Gasteiger charge is -2.04. The van der Waals surface area contributed by atoms with E-state index >= 15 is 0 Å². The van der Waals surface area contributed by atoms with Gasteiger partial charge in [-0.05, 0) is 38.5 Å². The van der Waals surface area contributed by atoms with E-state index in [1.54, 1.807) is 13.0 Å². The van der Waals surface area contributed by atoms with Gasteiger partial charge in [-0.1, -0.05) is 0 Å². The van der Waals surface area contributed by atoms with Crippen LogP contribution in [0.1, 0.15) is 27.7 Å². The Balaban J connectivity index is 2.18. The Morgan fingerprint density at radius 1 is 1.24 bits per heavy atom. The van der Waals surface area contributed by atoms with Gasteiger partial charge in [-0.15, -0.1) is 5.10 Å². The molecular weight excluding hydrogens is 218 g/mol. The molecule has 6 heteroatoms. The molecule has 0 unspecified atom stereocenters. The second kappa shape index (κ2) is 4.32. The summed E-state index contributed by atoms with van der Waals surface area (Å²) in [6.45, 7) is 5.56. The summed E-state index contributed by atoms with van der Waals surface area (Å²) in [5, 5.41) is 9.05. The van der Waals surface area contributed by atoms with Crippen molar-refractivity contribution >= 4 is 11.7 Å². The van der Waals surface area contributed by atoms with E-state index in [4.69, 9.17) is 0 Å². The van der Waals surface area contributed by atoms with Gasteiger partial charge in [0, 0.05) is 5.69 Å². The number of aromatic nitrogens is 4. The zero-order valence-electron chi connectivity index (χ0n) is 9.90. The van der Waals surface area contributed by atoms with Crippen LogP contribution in [0.4, 0.5) is 5.82 Å². The Labute approximate surface area is 98.5 Å². The number of H-pyrrole nitrogens is 1. The Hall–Kier alpha value is -2.24. The first kappa shape index (κ1) is 11.3. The number of aryl methyl sites for hydroxylation is 3. The minimum atomic E-state index is -0.369. The number of nitrogens with one attached hydrogen (secondary N) is 2. The summed E-state index contributed by atoms with van der Waals surface area (Å²) in [5.74, 6) is 0.855. The third-order valence-electron chi connectivity index (χ3n) is 2.14. The van der Waals surface area contributed by atoms with Crippen LogP contribution in [-0.4, -0.2) is 26.1 Å². The Bertz CT molecular complexity index is 540. The number of hydrogen-bond donors (Lipinski definition) is 2. The van der Waals surface area contributed by atoms with Crippen molar-refractivity contribution in [2.24, 2.45) is 0 Å². The van der Waals surface area contributed by atoms with Crippen LogP contribution in [0, 0.1) is 20.8 Å². The summed E-state index contributed by atoms with van der Waals surface area (Å²) in [5.41, 5.74) is 1.89. The fourth-order valence-corrected chi connectivity index (χ4v) is 1.52. The zero-order valence-corrected chi connectivity index (χ0v) is 9.90. The van der Waals surface area contributed by atoms with Gasteiger partial charge in [0.25, 0.3) is 5.91 Å². The van der Waals surface area contributed by atoms with Crippen molar-refractivity contribution in [3.8, 4) is 0 Å². The largest absolute Gasteiger partial charge is 0.304 e. The minimum absolute atomic E-state index is 0.114. The molecule has 2 rings (SSSR count). The van der Waals surface area contributed by atoms with Crippen LogP contribution in [0.25, 0.3) is 0 Å². The molecule has 0 aliphatic carbocycles. The molecule has 2 heterocycles. The van der Waals surface area contributed by atoms with E-state index in [2.05, 4.69) is 25.5 Å². The molecule has 0 atom stereocenters. The molecule has 6 nitrogen and oxygen atoms in total. The molecule has 0 aliphatic rings. The van der Waals surface area contributed by atoms with Crippen LogP contribution >= 0.6 is 0 Å². The van der Waals surface area contributed by atoms with Crippen molar-refractivity contribution in [3.05, 3.63) is 35.0 Å². The maximum absolute atomic E-state index is 11.8. The normalized spacial score (nSPS) is 10.3. The molecule has 88 valence electrons. The SMILES string of the molecule is Cc1cc(C)nc(NC(=O)c2n[nH]c(C)n2)c1. The molecule has 2 aromatic rings. The highest BCUT2D eigenvalue weighted by molar-refractivity contribution is 6.00. The quantitative estimate of drug-likeness (QED) is 0.817. The first-order chi connectivity index (χ1) is 8.04. The monoisotopic (exact) mass is 231 g/mol. The lowest BCUT2D eigenvalue weighted by Crippen LogP contribution is -2.15. The van der Waals surface area contributed by atoms with Crippen molar-refractivity contribution in [1.29, 1.82) is 0 Å². The lowest BCUT2D eigenvalue weighted by molar-refractivity contribution is 0.101. The number of rotatable bonds is 2. The van der Waals surface area contributed by atoms with Crippen LogP contribution in [0.3, 0.4) is 0 Å². The van der Waals surface area contributed by atoms with Crippen LogP contribution in [0.15, 0.2) is 12.1 Å². The van der Waals surface area contributed by atoms with Crippen molar-refractivity contribution in [3.63, 3.8) is 0 Å². The summed E-state index contributed by atoms with van der Waals surface area (Å²) in [7, 11) is 0. The fraction of sp³-hybridized carbons (Fsp3) is 0.273. The van der Waals surface area contributed by atoms with Gasteiger partial charge in [-0.2, -0.15) is 0 Å². The number of nitrogens with zero attached hydrogens (tertiary/aromatic N) is 3. The first-order valence-corrected chi connectivity index (χ1v) is 5.20. The Morgan fingerprint density at radius 2 is 2.00 bits per heavy atom. The number of anilines is 1. The third-order valence-corrected chi connectivity index (χ3v) is 2.14. The van der Waals surface area contributed by atoms with Crippen LogP contribution in [0.5, 0.6) is 0 Å². The highest BCUT2D eigenvalue weighted by Crippen LogP contribution is 2.09. The van der Waals surface area contributed by atoms with Crippen LogP contribution in [0.2, 0.25) is 0 Å². The highest BCUT2D eigenvalue weighted by Gasteiger charge is 2.12. The second-order valence-electron chi connectivity index (χ2n) is 3.87. The van der Waals surface area contributed by atoms with Crippen LogP contribution < -0.4 is 5.32 Å². The molecule has 2 aromatic heterocycles. The Morgan fingerprint density at radius 3 is 2.59 bits per heavy atom. The molecule has 2 N–H and O–H groups in total. The number of hydrogen-bond acceptors (Lipinski definition) is 4. The fourth-order valence-electron chi connectivity index (χ4n) is 1.52. The topological polar surface area (TPSA) is 83.6 Å². The molecule has 0 saturated carbocycles. The molecule has 0 spiro atoms. The predicted molar refractivity (Wildman–Crippen MR) is 62.8 cm³/mol. The van der Waals surface area contributed by atoms with Gasteiger partial charge in [-0.25, -0.2) is 9.97 Å². The smallest absolute Gasteiger partial charge is 0.296 e. The number of amides is 1. The van der Waals surface area contributed by atoms with Gasteiger partial charge in [0.05, 0.1) is 0 Å². The zero-order chi connectivity index (χ0) is 12.4. The van der Waals surface area contributed by atoms with Crippen LogP contribution in [-0.2, 0) is 0 Å². The van der Waals surface area contributed by atoms with Gasteiger partial charge in [0.15, 0.2) is 0 Å². The van der Waals surface area contributed by atoms with E-state index in [0.717, 1.165) is 11.3 Å². The van der Waals surface area contributed by atoms with E-state index in [-0.39, 0.29) is 11.7 Å². The van der Waals surface area contributed by atoms with Gasteiger partial charge < -0.3 is 5.32 Å². The van der Waals surface area contributed by atoms with E-state index in [9.17, 15) is 4.79 Å². The number of carbonyl (C=O) groups is 1.